The summed E-state index contributed by atoms with van der Waals surface area (Å²) in [4.78, 5) is 15.6. The lowest BCUT2D eigenvalue weighted by Crippen LogP contribution is -2.48. The number of thioether (sulfide) groups is 1. The first-order chi connectivity index (χ1) is 31.5. The highest BCUT2D eigenvalue weighted by atomic mass is 35.5. The van der Waals surface area contributed by atoms with Crippen LogP contribution in [0.15, 0.2) is 136 Å². The van der Waals surface area contributed by atoms with Crippen LogP contribution in [-0.4, -0.2) is 107 Å². The van der Waals surface area contributed by atoms with Gasteiger partial charge in [-0.2, -0.15) is 13.2 Å². The van der Waals surface area contributed by atoms with Crippen molar-refractivity contribution < 1.29 is 49.8 Å². The molecule has 352 valence electrons. The second-order valence-corrected chi connectivity index (χ2v) is 21.2. The number of benzene rings is 5. The standard InChI is InChI=1S/C47H50ClF3N4O8S3/c48-35-14-10-32(11-15-35)41-8-4-5-9-42(41)45(57)33-20-23-54(24-21-33)38-17-12-34(13-18-38)46(58)53-66(61,62)43-19-16-36(28-44(43)65(59,60)47(49,50)51)52-37(31-64-40-6-2-1-3-7-40)22-25-55-26-27-63-30-39(55)29-56/h1-19,28,33,37,39,45,52,56-57H,20-27,29-31H2,(H,53,58)/t37-,39+,45?/m1/s1. The van der Waals surface area contributed by atoms with Crippen molar-refractivity contribution in [2.45, 2.75) is 57.6 Å². The number of anilines is 2. The van der Waals surface area contributed by atoms with Crippen molar-refractivity contribution in [3.05, 3.63) is 137 Å². The van der Waals surface area contributed by atoms with E-state index in [1.807, 2.05) is 71.6 Å². The minimum atomic E-state index is -6.26. The molecule has 2 fully saturated rings. The second-order valence-electron chi connectivity index (χ2n) is 16.2. The maximum absolute atomic E-state index is 14.2. The molecule has 1 unspecified atom stereocenters. The SMILES string of the molecule is O=C(NS(=O)(=O)c1ccc(N[C@H](CCN2CCOC[C@@H]2CO)CSc2ccccc2)cc1S(=O)(=O)C(F)(F)F)c1ccc(N2CCC(C(O)c3ccccc3-c3ccc(Cl)cc3)CC2)cc1. The molecule has 4 N–H and O–H groups in total. The number of ether oxygens (including phenoxy) is 1. The van der Waals surface area contributed by atoms with Gasteiger partial charge >= 0.3 is 5.51 Å². The first-order valence-corrected chi connectivity index (χ1v) is 25.6. The molecule has 7 rings (SSSR count). The van der Waals surface area contributed by atoms with E-state index in [-0.39, 0.29) is 29.8 Å². The number of hydrogen-bond donors (Lipinski definition) is 4. The molecule has 2 saturated heterocycles. The summed E-state index contributed by atoms with van der Waals surface area (Å²) in [5.41, 5.74) is -2.69. The molecule has 2 aliphatic rings. The smallest absolute Gasteiger partial charge is 0.395 e. The van der Waals surface area contributed by atoms with E-state index in [1.165, 1.54) is 23.9 Å². The van der Waals surface area contributed by atoms with Crippen LogP contribution in [0.2, 0.25) is 5.02 Å². The van der Waals surface area contributed by atoms with Crippen molar-refractivity contribution in [1.82, 2.24) is 9.62 Å². The Bertz CT molecular complexity index is 2660. The predicted octanol–water partition coefficient (Wildman–Crippen LogP) is 8.03. The third-order valence-electron chi connectivity index (χ3n) is 11.9. The quantitative estimate of drug-likeness (QED) is 0.0665. The molecule has 0 bridgehead atoms. The number of sulfone groups is 1. The van der Waals surface area contributed by atoms with E-state index >= 15 is 0 Å². The van der Waals surface area contributed by atoms with Crippen molar-refractivity contribution in [2.24, 2.45) is 5.92 Å². The Morgan fingerprint density at radius 2 is 1.55 bits per heavy atom. The van der Waals surface area contributed by atoms with Gasteiger partial charge in [0, 0.05) is 64.8 Å². The molecule has 0 saturated carbocycles. The van der Waals surface area contributed by atoms with Crippen molar-refractivity contribution >= 4 is 60.5 Å². The highest BCUT2D eigenvalue weighted by Crippen LogP contribution is 2.39. The number of amides is 1. The summed E-state index contributed by atoms with van der Waals surface area (Å²) in [5, 5.41) is 25.1. The number of nitrogens with one attached hydrogen (secondary N) is 2. The highest BCUT2D eigenvalue weighted by molar-refractivity contribution is 7.99. The molecule has 0 radical (unpaired) electrons. The zero-order valence-corrected chi connectivity index (χ0v) is 38.8. The van der Waals surface area contributed by atoms with Crippen LogP contribution in [0.4, 0.5) is 24.5 Å². The average molecular weight is 988 g/mol. The van der Waals surface area contributed by atoms with Gasteiger partial charge in [0.25, 0.3) is 25.8 Å². The van der Waals surface area contributed by atoms with E-state index in [9.17, 15) is 45.0 Å². The van der Waals surface area contributed by atoms with Gasteiger partial charge in [-0.25, -0.2) is 21.6 Å². The molecule has 2 aliphatic heterocycles. The van der Waals surface area contributed by atoms with Gasteiger partial charge < -0.3 is 25.2 Å². The number of alkyl halides is 3. The molecule has 5 aromatic rings. The van der Waals surface area contributed by atoms with Gasteiger partial charge in [-0.15, -0.1) is 11.8 Å². The van der Waals surface area contributed by atoms with Crippen molar-refractivity contribution in [2.75, 3.05) is 62.0 Å². The zero-order valence-electron chi connectivity index (χ0n) is 35.6. The van der Waals surface area contributed by atoms with Crippen LogP contribution >= 0.6 is 23.4 Å². The van der Waals surface area contributed by atoms with E-state index in [2.05, 4.69) is 10.2 Å². The first kappa shape index (κ1) is 49.3. The van der Waals surface area contributed by atoms with Gasteiger partial charge in [0.2, 0.25) is 0 Å². The highest BCUT2D eigenvalue weighted by Gasteiger charge is 2.49. The fourth-order valence-corrected chi connectivity index (χ4v) is 11.9. The number of piperidine rings is 1. The molecule has 2 heterocycles. The number of carbonyl (C=O) groups excluding carboxylic acids is 1. The van der Waals surface area contributed by atoms with Crippen LogP contribution in [0, 0.1) is 5.92 Å². The summed E-state index contributed by atoms with van der Waals surface area (Å²) >= 11 is 7.56. The summed E-state index contributed by atoms with van der Waals surface area (Å²) in [6, 6.07) is 32.3. The Balaban J connectivity index is 1.04. The van der Waals surface area contributed by atoms with E-state index < -0.39 is 53.2 Å². The Morgan fingerprint density at radius 3 is 2.23 bits per heavy atom. The summed E-state index contributed by atoms with van der Waals surface area (Å²) in [6.45, 7) is 2.84. The molecule has 1 amide bonds. The maximum Gasteiger partial charge on any atom is 0.501 e. The predicted molar refractivity (Wildman–Crippen MR) is 250 cm³/mol. The second kappa shape index (κ2) is 21.5. The topological polar surface area (TPSA) is 166 Å². The van der Waals surface area contributed by atoms with E-state index in [4.69, 9.17) is 16.3 Å². The minimum Gasteiger partial charge on any atom is -0.395 e. The fourth-order valence-electron chi connectivity index (χ4n) is 8.21. The molecule has 0 aromatic heterocycles. The molecule has 5 aromatic carbocycles. The first-order valence-electron chi connectivity index (χ1n) is 21.3. The van der Waals surface area contributed by atoms with Crippen LogP contribution in [0.3, 0.4) is 0 Å². The Morgan fingerprint density at radius 1 is 0.864 bits per heavy atom. The fraction of sp³-hybridized carbons (Fsp3) is 0.340. The number of halogens is 4. The van der Waals surface area contributed by atoms with Crippen LogP contribution in [-0.2, 0) is 24.6 Å². The molecule has 0 spiro atoms. The lowest BCUT2D eigenvalue weighted by Gasteiger charge is -2.36. The van der Waals surface area contributed by atoms with E-state index in [0.717, 1.165) is 39.4 Å². The Hall–Kier alpha value is -4.66. The van der Waals surface area contributed by atoms with Gasteiger partial charge in [0.05, 0.1) is 36.9 Å². The lowest BCUT2D eigenvalue weighted by molar-refractivity contribution is -0.0437. The number of hydrogen-bond acceptors (Lipinski definition) is 12. The van der Waals surface area contributed by atoms with Crippen molar-refractivity contribution in [3.8, 4) is 11.1 Å². The number of rotatable bonds is 17. The number of aliphatic hydroxyl groups is 2. The maximum atomic E-state index is 14.2. The summed E-state index contributed by atoms with van der Waals surface area (Å²) in [6.07, 6.45) is 1.01. The normalized spacial score (nSPS) is 17.5. The van der Waals surface area contributed by atoms with Crippen LogP contribution in [0.25, 0.3) is 11.1 Å². The Labute approximate surface area is 392 Å². The molecule has 0 aliphatic carbocycles. The number of aliphatic hydroxyl groups excluding tert-OH is 2. The number of morpholine rings is 1. The number of sulfonamides is 1. The number of carbonyl (C=O) groups is 1. The van der Waals surface area contributed by atoms with Gasteiger partial charge in [-0.3, -0.25) is 9.69 Å². The van der Waals surface area contributed by atoms with Crippen molar-refractivity contribution in [3.63, 3.8) is 0 Å². The molecular formula is C47H50ClF3N4O8S3. The van der Waals surface area contributed by atoms with Crippen LogP contribution in [0.1, 0.15) is 41.3 Å². The van der Waals surface area contributed by atoms with Crippen LogP contribution in [0.5, 0.6) is 0 Å². The minimum absolute atomic E-state index is 0.0400. The third-order valence-corrected chi connectivity index (χ3v) is 16.3. The molecule has 66 heavy (non-hydrogen) atoms. The van der Waals surface area contributed by atoms with Crippen LogP contribution < -0.4 is 14.9 Å². The summed E-state index contributed by atoms with van der Waals surface area (Å²) in [7, 11) is -11.4. The summed E-state index contributed by atoms with van der Waals surface area (Å²) < 4.78 is 103. The summed E-state index contributed by atoms with van der Waals surface area (Å²) in [5.74, 6) is -0.819. The average Bonchev–Trinajstić information content (AvgIpc) is 3.32. The van der Waals surface area contributed by atoms with Gasteiger partial charge in [0.15, 0.2) is 0 Å². The molecule has 12 nitrogen and oxygen atoms in total. The van der Waals surface area contributed by atoms with Crippen molar-refractivity contribution in [1.29, 1.82) is 0 Å². The molecule has 3 atom stereocenters. The Kier molecular flexibility index (Phi) is 16.1. The third kappa shape index (κ3) is 11.9. The van der Waals surface area contributed by atoms with Gasteiger partial charge in [-0.05, 0) is 109 Å². The monoisotopic (exact) mass is 986 g/mol. The lowest BCUT2D eigenvalue weighted by atomic mass is 9.84. The largest absolute Gasteiger partial charge is 0.501 e. The molecular weight excluding hydrogens is 937 g/mol. The molecule has 19 heteroatoms. The van der Waals surface area contributed by atoms with E-state index in [1.54, 1.807) is 29.0 Å². The zero-order chi connectivity index (χ0) is 47.1. The number of nitrogens with zero attached hydrogens (tertiary/aromatic N) is 2. The van der Waals surface area contributed by atoms with E-state index in [0.29, 0.717) is 75.5 Å². The van der Waals surface area contributed by atoms with Gasteiger partial charge in [0.1, 0.15) is 4.90 Å². The van der Waals surface area contributed by atoms with Gasteiger partial charge in [-0.1, -0.05) is 66.2 Å².